The van der Waals surface area contributed by atoms with Gasteiger partial charge in [-0.3, -0.25) is 0 Å². The van der Waals surface area contributed by atoms with E-state index in [1.165, 1.54) is 10.7 Å². The molecule has 7 nitrogen and oxygen atoms in total. The van der Waals surface area contributed by atoms with E-state index in [-0.39, 0.29) is 5.56 Å². The van der Waals surface area contributed by atoms with E-state index in [9.17, 15) is 9.90 Å². The highest BCUT2D eigenvalue weighted by Gasteiger charge is 2.15. The summed E-state index contributed by atoms with van der Waals surface area (Å²) in [7, 11) is 0. The molecule has 0 unspecified atom stereocenters. The van der Waals surface area contributed by atoms with Crippen LogP contribution >= 0.6 is 0 Å². The Hall–Kier alpha value is -2.70. The zero-order chi connectivity index (χ0) is 13.4. The lowest BCUT2D eigenvalue weighted by atomic mass is 10.2. The molecule has 0 bridgehead atoms. The normalized spacial score (nSPS) is 11.0. The van der Waals surface area contributed by atoms with Gasteiger partial charge in [-0.1, -0.05) is 16.4 Å². The molecule has 3 aromatic rings. The predicted octanol–water partition coefficient (Wildman–Crippen LogP) is 1.47. The number of hydrogen-bond donors (Lipinski definition) is 1. The van der Waals surface area contributed by atoms with Gasteiger partial charge in [-0.05, 0) is 19.1 Å². The number of aryl methyl sites for hydroxylation is 1. The van der Waals surface area contributed by atoms with Crippen LogP contribution in [0.4, 0.5) is 0 Å². The number of carbonyl (C=O) groups is 1. The predicted molar refractivity (Wildman–Crippen MR) is 64.8 cm³/mol. The highest BCUT2D eigenvalue weighted by Crippen LogP contribution is 2.18. The number of benzene rings is 1. The fourth-order valence-corrected chi connectivity index (χ4v) is 1.95. The Kier molecular flexibility index (Phi) is 2.52. The molecule has 96 valence electrons. The van der Waals surface area contributed by atoms with Crippen LogP contribution < -0.4 is 0 Å². The zero-order valence-corrected chi connectivity index (χ0v) is 10.1. The van der Waals surface area contributed by atoms with Crippen molar-refractivity contribution >= 4 is 17.0 Å². The van der Waals surface area contributed by atoms with Crippen LogP contribution in [0.15, 0.2) is 28.8 Å². The van der Waals surface area contributed by atoms with E-state index in [1.807, 2.05) is 6.92 Å². The molecular formula is C12H10N4O3. The summed E-state index contributed by atoms with van der Waals surface area (Å²) in [5.74, 6) is -0.410. The minimum Gasteiger partial charge on any atom is -0.478 e. The molecule has 0 aliphatic carbocycles. The van der Waals surface area contributed by atoms with E-state index in [0.717, 1.165) is 5.69 Å². The number of carboxylic acid groups (broad SMARTS) is 1. The molecule has 0 saturated carbocycles. The third kappa shape index (κ3) is 1.95. The average Bonchev–Trinajstić information content (AvgIpc) is 2.97. The highest BCUT2D eigenvalue weighted by atomic mass is 16.5. The minimum atomic E-state index is -1.01. The molecule has 0 fully saturated rings. The largest absolute Gasteiger partial charge is 0.478 e. The molecule has 0 saturated heterocycles. The lowest BCUT2D eigenvalue weighted by Crippen LogP contribution is -2.05. The van der Waals surface area contributed by atoms with Crippen molar-refractivity contribution in [2.75, 3.05) is 0 Å². The zero-order valence-electron chi connectivity index (χ0n) is 10.1. The van der Waals surface area contributed by atoms with Crippen molar-refractivity contribution in [1.82, 2.24) is 20.2 Å². The van der Waals surface area contributed by atoms with Crippen molar-refractivity contribution in [3.63, 3.8) is 0 Å². The molecule has 0 amide bonds. The van der Waals surface area contributed by atoms with Crippen molar-refractivity contribution in [2.24, 2.45) is 0 Å². The fraction of sp³-hybridized carbons (Fsp3) is 0.167. The first-order valence-corrected chi connectivity index (χ1v) is 5.63. The molecule has 2 heterocycles. The third-order valence-electron chi connectivity index (χ3n) is 2.75. The van der Waals surface area contributed by atoms with Gasteiger partial charge >= 0.3 is 5.97 Å². The maximum Gasteiger partial charge on any atom is 0.337 e. The lowest BCUT2D eigenvalue weighted by Gasteiger charge is -2.01. The molecule has 1 N–H and O–H groups in total. The van der Waals surface area contributed by atoms with E-state index in [0.29, 0.717) is 23.3 Å². The number of para-hydroxylation sites is 1. The highest BCUT2D eigenvalue weighted by molar-refractivity contribution is 6.00. The molecule has 2 aromatic heterocycles. The van der Waals surface area contributed by atoms with Gasteiger partial charge in [-0.2, -0.15) is 0 Å². The second-order valence-corrected chi connectivity index (χ2v) is 4.16. The second kappa shape index (κ2) is 4.20. The maximum absolute atomic E-state index is 11.2. The van der Waals surface area contributed by atoms with E-state index >= 15 is 0 Å². The summed E-state index contributed by atoms with van der Waals surface area (Å²) < 4.78 is 6.60. The SMILES string of the molecule is Cc1cc(Cn2nnc3cccc(C(=O)O)c32)on1. The smallest absolute Gasteiger partial charge is 0.337 e. The summed E-state index contributed by atoms with van der Waals surface area (Å²) in [5, 5.41) is 20.9. The van der Waals surface area contributed by atoms with Crippen LogP contribution in [0.1, 0.15) is 21.8 Å². The molecule has 0 aliphatic heterocycles. The van der Waals surface area contributed by atoms with Crippen LogP contribution in [-0.2, 0) is 6.54 Å². The summed E-state index contributed by atoms with van der Waals surface area (Å²) in [6, 6.07) is 6.66. The molecule has 0 radical (unpaired) electrons. The summed E-state index contributed by atoms with van der Waals surface area (Å²) >= 11 is 0. The molecule has 1 aromatic carbocycles. The Labute approximate surface area is 107 Å². The lowest BCUT2D eigenvalue weighted by molar-refractivity contribution is 0.0698. The molecule has 0 spiro atoms. The van der Waals surface area contributed by atoms with Crippen LogP contribution in [0.5, 0.6) is 0 Å². The second-order valence-electron chi connectivity index (χ2n) is 4.16. The minimum absolute atomic E-state index is 0.165. The van der Waals surface area contributed by atoms with Crippen molar-refractivity contribution < 1.29 is 14.4 Å². The first kappa shape index (κ1) is 11.4. The number of aromatic carboxylic acids is 1. The summed E-state index contributed by atoms with van der Waals surface area (Å²) in [6.07, 6.45) is 0. The van der Waals surface area contributed by atoms with Crippen molar-refractivity contribution in [3.8, 4) is 0 Å². The van der Waals surface area contributed by atoms with Crippen molar-refractivity contribution in [2.45, 2.75) is 13.5 Å². The van der Waals surface area contributed by atoms with Gasteiger partial charge in [0, 0.05) is 6.07 Å². The van der Waals surface area contributed by atoms with Gasteiger partial charge in [0.15, 0.2) is 5.76 Å². The first-order chi connectivity index (χ1) is 9.15. The van der Waals surface area contributed by atoms with Gasteiger partial charge < -0.3 is 9.63 Å². The number of nitrogens with zero attached hydrogens (tertiary/aromatic N) is 4. The average molecular weight is 258 g/mol. The van der Waals surface area contributed by atoms with E-state index in [4.69, 9.17) is 4.52 Å². The van der Waals surface area contributed by atoms with Crippen LogP contribution in [0.2, 0.25) is 0 Å². The van der Waals surface area contributed by atoms with Crippen LogP contribution in [0.25, 0.3) is 11.0 Å². The third-order valence-corrected chi connectivity index (χ3v) is 2.75. The Balaban J connectivity index is 2.11. The number of aromatic nitrogens is 4. The van der Waals surface area contributed by atoms with E-state index in [2.05, 4.69) is 15.5 Å². The summed E-state index contributed by atoms with van der Waals surface area (Å²) in [6.45, 7) is 2.11. The van der Waals surface area contributed by atoms with E-state index in [1.54, 1.807) is 18.2 Å². The monoisotopic (exact) mass is 258 g/mol. The van der Waals surface area contributed by atoms with E-state index < -0.39 is 5.97 Å². The molecular weight excluding hydrogens is 248 g/mol. The van der Waals surface area contributed by atoms with Gasteiger partial charge in [0.2, 0.25) is 0 Å². The number of rotatable bonds is 3. The first-order valence-electron chi connectivity index (χ1n) is 5.63. The van der Waals surface area contributed by atoms with Crippen LogP contribution in [0, 0.1) is 6.92 Å². The van der Waals surface area contributed by atoms with Crippen molar-refractivity contribution in [1.29, 1.82) is 0 Å². The topological polar surface area (TPSA) is 94.0 Å². The standard InChI is InChI=1S/C12H10N4O3/c1-7-5-8(19-14-7)6-16-11-9(12(17)18)3-2-4-10(11)13-15-16/h2-5H,6H2,1H3,(H,17,18). The van der Waals surface area contributed by atoms with Gasteiger partial charge in [-0.15, -0.1) is 5.10 Å². The van der Waals surface area contributed by atoms with Gasteiger partial charge in [-0.25, -0.2) is 9.48 Å². The van der Waals surface area contributed by atoms with Gasteiger partial charge in [0.05, 0.1) is 11.3 Å². The van der Waals surface area contributed by atoms with Crippen LogP contribution in [0.3, 0.4) is 0 Å². The number of hydrogen-bond acceptors (Lipinski definition) is 5. The Morgan fingerprint density at radius 3 is 3.00 bits per heavy atom. The fourth-order valence-electron chi connectivity index (χ4n) is 1.95. The Morgan fingerprint density at radius 2 is 2.32 bits per heavy atom. The molecule has 19 heavy (non-hydrogen) atoms. The number of fused-ring (bicyclic) bond motifs is 1. The van der Waals surface area contributed by atoms with Crippen molar-refractivity contribution in [3.05, 3.63) is 41.3 Å². The number of carboxylic acids is 1. The Morgan fingerprint density at radius 1 is 1.47 bits per heavy atom. The maximum atomic E-state index is 11.2. The van der Waals surface area contributed by atoms with Gasteiger partial charge in [0.1, 0.15) is 17.6 Å². The van der Waals surface area contributed by atoms with Gasteiger partial charge in [0.25, 0.3) is 0 Å². The molecule has 7 heteroatoms. The summed E-state index contributed by atoms with van der Waals surface area (Å²) in [5.41, 5.74) is 1.94. The van der Waals surface area contributed by atoms with Crippen LogP contribution in [-0.4, -0.2) is 31.2 Å². The molecule has 0 aliphatic rings. The Bertz CT molecular complexity index is 759. The molecule has 3 rings (SSSR count). The molecule has 0 atom stereocenters. The quantitative estimate of drug-likeness (QED) is 0.764. The summed E-state index contributed by atoms with van der Waals surface area (Å²) in [4.78, 5) is 11.2.